The minimum atomic E-state index is -1.76. The molecule has 0 bridgehead atoms. The topological polar surface area (TPSA) is 41.5 Å². The summed E-state index contributed by atoms with van der Waals surface area (Å²) >= 11 is 0. The zero-order valence-corrected chi connectivity index (χ0v) is 7.40. The van der Waals surface area contributed by atoms with E-state index in [2.05, 4.69) is 9.68 Å². The minimum Gasteiger partial charge on any atom is -0.315 e. The standard InChI is InChI=1S/C7H14N2OS/c10-11(9-7-1-2-7)5-3-8-4-6-11/h7-8H,1-6H2. The Labute approximate surface area is 67.7 Å². The lowest BCUT2D eigenvalue weighted by molar-refractivity contribution is 0.649. The largest absolute Gasteiger partial charge is 0.315 e. The number of nitrogens with one attached hydrogen (secondary N) is 1. The van der Waals surface area contributed by atoms with Crippen molar-refractivity contribution in [1.29, 1.82) is 0 Å². The molecule has 3 nitrogen and oxygen atoms in total. The predicted octanol–water partition coefficient (Wildman–Crippen LogP) is 0.220. The van der Waals surface area contributed by atoms with Crippen LogP contribution in [0.2, 0.25) is 0 Å². The molecule has 0 unspecified atom stereocenters. The van der Waals surface area contributed by atoms with Gasteiger partial charge < -0.3 is 5.32 Å². The highest BCUT2D eigenvalue weighted by molar-refractivity contribution is 7.93. The van der Waals surface area contributed by atoms with Crippen LogP contribution in [0.3, 0.4) is 0 Å². The summed E-state index contributed by atoms with van der Waals surface area (Å²) < 4.78 is 16.2. The van der Waals surface area contributed by atoms with Crippen LogP contribution < -0.4 is 5.32 Å². The summed E-state index contributed by atoms with van der Waals surface area (Å²) in [6.45, 7) is 1.77. The van der Waals surface area contributed by atoms with E-state index in [0.717, 1.165) is 24.6 Å². The molecule has 2 aliphatic rings. The monoisotopic (exact) mass is 174 g/mol. The third-order valence-electron chi connectivity index (χ3n) is 2.08. The molecule has 0 spiro atoms. The van der Waals surface area contributed by atoms with Gasteiger partial charge in [-0.2, -0.15) is 0 Å². The van der Waals surface area contributed by atoms with Crippen LogP contribution in [0.4, 0.5) is 0 Å². The fourth-order valence-electron chi connectivity index (χ4n) is 1.25. The molecule has 1 aliphatic heterocycles. The molecule has 4 heteroatoms. The fourth-order valence-corrected chi connectivity index (χ4v) is 3.34. The van der Waals surface area contributed by atoms with Gasteiger partial charge in [0.05, 0.1) is 6.04 Å². The normalized spacial score (nSPS) is 29.8. The van der Waals surface area contributed by atoms with Crippen molar-refractivity contribution in [2.75, 3.05) is 24.6 Å². The average Bonchev–Trinajstić information content (AvgIpc) is 2.72. The van der Waals surface area contributed by atoms with Crippen LogP contribution in [0, 0.1) is 0 Å². The number of hydrogen-bond acceptors (Lipinski definition) is 3. The van der Waals surface area contributed by atoms with Gasteiger partial charge in [-0.25, -0.2) is 8.57 Å². The molecule has 64 valence electrons. The number of hydrogen-bond donors (Lipinski definition) is 1. The molecule has 1 saturated heterocycles. The summed E-state index contributed by atoms with van der Waals surface area (Å²) in [6.07, 6.45) is 2.34. The van der Waals surface area contributed by atoms with Gasteiger partial charge in [-0.05, 0) is 12.8 Å². The second-order valence-electron chi connectivity index (χ2n) is 3.27. The molecular formula is C7H14N2OS. The van der Waals surface area contributed by atoms with E-state index in [1.54, 1.807) is 0 Å². The van der Waals surface area contributed by atoms with E-state index in [9.17, 15) is 4.21 Å². The van der Waals surface area contributed by atoms with Crippen LogP contribution in [0.1, 0.15) is 12.8 Å². The SMILES string of the molecule is O=S1(=NC2CC2)CCNCC1. The van der Waals surface area contributed by atoms with Crippen molar-refractivity contribution in [1.82, 2.24) is 5.32 Å². The summed E-state index contributed by atoms with van der Waals surface area (Å²) in [4.78, 5) is 0. The van der Waals surface area contributed by atoms with E-state index in [1.165, 1.54) is 12.8 Å². The Balaban J connectivity index is 2.11. The van der Waals surface area contributed by atoms with Gasteiger partial charge in [0.15, 0.2) is 0 Å². The second-order valence-corrected chi connectivity index (χ2v) is 5.84. The van der Waals surface area contributed by atoms with Crippen molar-refractivity contribution in [3.05, 3.63) is 0 Å². The molecule has 1 aliphatic carbocycles. The van der Waals surface area contributed by atoms with Crippen molar-refractivity contribution in [3.63, 3.8) is 0 Å². The molecule has 1 heterocycles. The second kappa shape index (κ2) is 2.75. The lowest BCUT2D eigenvalue weighted by Gasteiger charge is -2.16. The van der Waals surface area contributed by atoms with E-state index < -0.39 is 9.73 Å². The third-order valence-corrected chi connectivity index (χ3v) is 4.45. The maximum absolute atomic E-state index is 11.8. The van der Waals surface area contributed by atoms with Gasteiger partial charge >= 0.3 is 0 Å². The first-order valence-electron chi connectivity index (χ1n) is 4.21. The number of nitrogens with zero attached hydrogens (tertiary/aromatic N) is 1. The zero-order valence-electron chi connectivity index (χ0n) is 6.58. The smallest absolute Gasteiger partial charge is 0.0595 e. The van der Waals surface area contributed by atoms with Gasteiger partial charge in [0.1, 0.15) is 0 Å². The first kappa shape index (κ1) is 7.55. The van der Waals surface area contributed by atoms with Crippen LogP contribution in [-0.2, 0) is 9.73 Å². The minimum absolute atomic E-state index is 0.459. The Morgan fingerprint density at radius 3 is 2.45 bits per heavy atom. The average molecular weight is 174 g/mol. The molecule has 1 saturated carbocycles. The zero-order chi connectivity index (χ0) is 7.73. The molecule has 0 atom stereocenters. The van der Waals surface area contributed by atoms with Crippen LogP contribution >= 0.6 is 0 Å². The molecule has 0 radical (unpaired) electrons. The maximum atomic E-state index is 11.8. The highest BCUT2D eigenvalue weighted by atomic mass is 32.2. The van der Waals surface area contributed by atoms with Crippen molar-refractivity contribution in [2.24, 2.45) is 4.36 Å². The molecule has 0 aromatic carbocycles. The van der Waals surface area contributed by atoms with Crippen molar-refractivity contribution in [3.8, 4) is 0 Å². The summed E-state index contributed by atoms with van der Waals surface area (Å²) in [6, 6.07) is 0.459. The summed E-state index contributed by atoms with van der Waals surface area (Å²) in [5, 5.41) is 3.19. The Bertz CT molecular complexity index is 239. The van der Waals surface area contributed by atoms with E-state index in [4.69, 9.17) is 0 Å². The fraction of sp³-hybridized carbons (Fsp3) is 1.00. The Morgan fingerprint density at radius 2 is 1.91 bits per heavy atom. The molecular weight excluding hydrogens is 160 g/mol. The molecule has 0 aromatic rings. The Kier molecular flexibility index (Phi) is 1.89. The van der Waals surface area contributed by atoms with Crippen molar-refractivity contribution in [2.45, 2.75) is 18.9 Å². The van der Waals surface area contributed by atoms with E-state index in [-0.39, 0.29) is 0 Å². The molecule has 11 heavy (non-hydrogen) atoms. The van der Waals surface area contributed by atoms with Gasteiger partial charge in [-0.15, -0.1) is 0 Å². The molecule has 1 N–H and O–H groups in total. The summed E-state index contributed by atoms with van der Waals surface area (Å²) in [5.41, 5.74) is 0. The molecule has 2 rings (SSSR count). The molecule has 2 fully saturated rings. The van der Waals surface area contributed by atoms with E-state index >= 15 is 0 Å². The van der Waals surface area contributed by atoms with E-state index in [0.29, 0.717) is 6.04 Å². The van der Waals surface area contributed by atoms with Gasteiger partial charge in [0, 0.05) is 34.3 Å². The van der Waals surface area contributed by atoms with Crippen LogP contribution in [0.5, 0.6) is 0 Å². The predicted molar refractivity (Wildman–Crippen MR) is 46.2 cm³/mol. The third kappa shape index (κ3) is 1.93. The van der Waals surface area contributed by atoms with Gasteiger partial charge in [0.2, 0.25) is 0 Å². The van der Waals surface area contributed by atoms with Crippen molar-refractivity contribution >= 4 is 9.73 Å². The lowest BCUT2D eigenvalue weighted by Crippen LogP contribution is -2.35. The lowest BCUT2D eigenvalue weighted by atomic mass is 10.6. The quantitative estimate of drug-likeness (QED) is 0.618. The van der Waals surface area contributed by atoms with Gasteiger partial charge in [0.25, 0.3) is 0 Å². The molecule has 0 amide bonds. The van der Waals surface area contributed by atoms with Crippen LogP contribution in [0.15, 0.2) is 4.36 Å². The summed E-state index contributed by atoms with van der Waals surface area (Å²) in [5.74, 6) is 1.53. The van der Waals surface area contributed by atoms with Gasteiger partial charge in [-0.1, -0.05) is 0 Å². The number of rotatable bonds is 1. The first-order valence-corrected chi connectivity index (χ1v) is 6.06. The van der Waals surface area contributed by atoms with E-state index in [1.807, 2.05) is 0 Å². The highest BCUT2D eigenvalue weighted by Crippen LogP contribution is 2.25. The summed E-state index contributed by atoms with van der Waals surface area (Å²) in [7, 11) is -1.76. The van der Waals surface area contributed by atoms with Crippen LogP contribution in [0.25, 0.3) is 0 Å². The maximum Gasteiger partial charge on any atom is 0.0595 e. The Hall–Kier alpha value is -0.0900. The first-order chi connectivity index (χ1) is 5.29. The Morgan fingerprint density at radius 1 is 1.27 bits per heavy atom. The molecule has 0 aromatic heterocycles. The van der Waals surface area contributed by atoms with Crippen LogP contribution in [-0.4, -0.2) is 34.8 Å². The van der Waals surface area contributed by atoms with Crippen molar-refractivity contribution < 1.29 is 4.21 Å². The van der Waals surface area contributed by atoms with Gasteiger partial charge in [-0.3, -0.25) is 0 Å². The highest BCUT2D eigenvalue weighted by Gasteiger charge is 2.24.